The van der Waals surface area contributed by atoms with E-state index in [1.54, 1.807) is 42.5 Å². The second kappa shape index (κ2) is 16.1. The molecule has 47 heavy (non-hydrogen) atoms. The predicted octanol–water partition coefficient (Wildman–Crippen LogP) is 8.28. The molecule has 0 aliphatic rings. The number of carbonyl (C=O) groups excluding carboxylic acids is 3. The second-order valence-electron chi connectivity index (χ2n) is 10.6. The molecule has 5 aromatic rings. The minimum atomic E-state index is -0.468. The number of anilines is 2. The fourth-order valence-corrected chi connectivity index (χ4v) is 5.50. The molecule has 3 N–H and O–H groups in total. The molecule has 0 radical (unpaired) electrons. The maximum absolute atomic E-state index is 13.5. The van der Waals surface area contributed by atoms with E-state index in [-0.39, 0.29) is 16.9 Å². The van der Waals surface area contributed by atoms with Gasteiger partial charge in [-0.15, -0.1) is 11.8 Å². The topological polar surface area (TPSA) is 96.5 Å². The number of hydrogen-bond donors (Lipinski definition) is 3. The molecule has 1 atom stereocenters. The van der Waals surface area contributed by atoms with Crippen LogP contribution in [0.15, 0.2) is 144 Å². The van der Waals surface area contributed by atoms with Crippen LogP contribution in [0.4, 0.5) is 11.4 Å². The summed E-state index contributed by atoms with van der Waals surface area (Å²) in [5.41, 5.74) is 4.67. The monoisotopic (exact) mass is 641 g/mol. The van der Waals surface area contributed by atoms with Gasteiger partial charge in [-0.1, -0.05) is 72.8 Å². The maximum Gasteiger partial charge on any atom is 0.272 e. The number of amides is 3. The van der Waals surface area contributed by atoms with Gasteiger partial charge in [-0.3, -0.25) is 14.4 Å². The van der Waals surface area contributed by atoms with Gasteiger partial charge in [0.15, 0.2) is 0 Å². The highest BCUT2D eigenvalue weighted by Gasteiger charge is 2.17. The molecular formula is C39H35N3O4S. The molecule has 0 saturated heterocycles. The Kier molecular flexibility index (Phi) is 11.2. The molecule has 236 valence electrons. The largest absolute Gasteiger partial charge is 0.494 e. The minimum Gasteiger partial charge on any atom is -0.494 e. The first kappa shape index (κ1) is 32.8. The van der Waals surface area contributed by atoms with Gasteiger partial charge in [0.2, 0.25) is 5.91 Å². The van der Waals surface area contributed by atoms with E-state index in [0.717, 1.165) is 27.3 Å². The summed E-state index contributed by atoms with van der Waals surface area (Å²) in [7, 11) is 0. The number of ether oxygens (including phenoxy) is 1. The minimum absolute atomic E-state index is 0.101. The van der Waals surface area contributed by atoms with Crippen molar-refractivity contribution in [3.8, 4) is 16.9 Å². The highest BCUT2D eigenvalue weighted by molar-refractivity contribution is 8.00. The van der Waals surface area contributed by atoms with Crippen LogP contribution in [-0.4, -0.2) is 29.6 Å². The van der Waals surface area contributed by atoms with Crippen molar-refractivity contribution in [2.75, 3.05) is 17.2 Å². The van der Waals surface area contributed by atoms with Gasteiger partial charge in [0.05, 0.1) is 11.9 Å². The zero-order valence-corrected chi connectivity index (χ0v) is 26.9. The lowest BCUT2D eigenvalue weighted by atomic mass is 10.0. The summed E-state index contributed by atoms with van der Waals surface area (Å²) < 4.78 is 5.45. The fourth-order valence-electron chi connectivity index (χ4n) is 4.63. The summed E-state index contributed by atoms with van der Waals surface area (Å²) in [5.74, 6) is -0.238. The summed E-state index contributed by atoms with van der Waals surface area (Å²) in [6.07, 6.45) is 1.65. The maximum atomic E-state index is 13.5. The molecule has 0 heterocycles. The zero-order valence-electron chi connectivity index (χ0n) is 26.1. The van der Waals surface area contributed by atoms with Gasteiger partial charge >= 0.3 is 0 Å². The van der Waals surface area contributed by atoms with Crippen molar-refractivity contribution in [2.24, 2.45) is 0 Å². The van der Waals surface area contributed by atoms with E-state index >= 15 is 0 Å². The summed E-state index contributed by atoms with van der Waals surface area (Å²) in [6.45, 7) is 4.33. The second-order valence-corrected chi connectivity index (χ2v) is 12.0. The number of carbonyl (C=O) groups is 3. The third-order valence-electron chi connectivity index (χ3n) is 7.08. The highest BCUT2D eigenvalue weighted by Crippen LogP contribution is 2.27. The van der Waals surface area contributed by atoms with E-state index in [4.69, 9.17) is 4.74 Å². The van der Waals surface area contributed by atoms with E-state index in [2.05, 4.69) is 16.0 Å². The summed E-state index contributed by atoms with van der Waals surface area (Å²) in [6, 6.07) is 41.0. The summed E-state index contributed by atoms with van der Waals surface area (Å²) in [5, 5.41) is 8.23. The van der Waals surface area contributed by atoms with Crippen molar-refractivity contribution >= 4 is 46.9 Å². The molecule has 3 amide bonds. The Labute approximate surface area is 279 Å². The molecule has 0 aromatic heterocycles. The highest BCUT2D eigenvalue weighted by atomic mass is 32.2. The first-order chi connectivity index (χ1) is 22.9. The Hall–Kier alpha value is -5.60. The zero-order chi connectivity index (χ0) is 33.0. The lowest BCUT2D eigenvalue weighted by molar-refractivity contribution is -0.115. The van der Waals surface area contributed by atoms with Crippen LogP contribution in [0, 0.1) is 0 Å². The van der Waals surface area contributed by atoms with Crippen LogP contribution in [0.2, 0.25) is 0 Å². The van der Waals surface area contributed by atoms with Crippen molar-refractivity contribution in [3.05, 3.63) is 150 Å². The Morgan fingerprint density at radius 1 is 0.702 bits per heavy atom. The molecule has 7 nitrogen and oxygen atoms in total. The van der Waals surface area contributed by atoms with Gasteiger partial charge in [0, 0.05) is 21.8 Å². The summed E-state index contributed by atoms with van der Waals surface area (Å²) >= 11 is 1.41. The van der Waals surface area contributed by atoms with Crippen molar-refractivity contribution in [1.82, 2.24) is 5.32 Å². The van der Waals surface area contributed by atoms with Crippen LogP contribution in [0.1, 0.15) is 29.8 Å². The molecule has 0 saturated carbocycles. The van der Waals surface area contributed by atoms with Gasteiger partial charge in [-0.2, -0.15) is 0 Å². The summed E-state index contributed by atoms with van der Waals surface area (Å²) in [4.78, 5) is 40.2. The van der Waals surface area contributed by atoms with Gasteiger partial charge in [-0.05, 0) is 97.3 Å². The van der Waals surface area contributed by atoms with Crippen molar-refractivity contribution in [1.29, 1.82) is 0 Å². The molecule has 0 bridgehead atoms. The molecule has 8 heteroatoms. The first-order valence-electron chi connectivity index (χ1n) is 15.2. The smallest absolute Gasteiger partial charge is 0.272 e. The lowest BCUT2D eigenvalue weighted by Crippen LogP contribution is -2.30. The molecule has 1 unspecified atom stereocenters. The van der Waals surface area contributed by atoms with Gasteiger partial charge in [0.1, 0.15) is 11.4 Å². The third kappa shape index (κ3) is 9.45. The average molecular weight is 642 g/mol. The molecule has 5 aromatic carbocycles. The molecule has 0 aliphatic carbocycles. The SMILES string of the molecule is CCOc1ccc(NC(=O)C(C)Sc2ccc(NC(=O)/C(=C/c3ccc(-c4ccccc4)cc3)NC(=O)c3ccccc3)cc2)cc1. The molecular weight excluding hydrogens is 607 g/mol. The quantitative estimate of drug-likeness (QED) is 0.0941. The molecule has 0 fully saturated rings. The van der Waals surface area contributed by atoms with Gasteiger partial charge < -0.3 is 20.7 Å². The van der Waals surface area contributed by atoms with Gasteiger partial charge in [0.25, 0.3) is 11.8 Å². The van der Waals surface area contributed by atoms with Crippen LogP contribution >= 0.6 is 11.8 Å². The first-order valence-corrected chi connectivity index (χ1v) is 16.1. The van der Waals surface area contributed by atoms with E-state index in [9.17, 15) is 14.4 Å². The van der Waals surface area contributed by atoms with E-state index in [1.807, 2.05) is 111 Å². The van der Waals surface area contributed by atoms with Crippen molar-refractivity contribution < 1.29 is 19.1 Å². The van der Waals surface area contributed by atoms with Gasteiger partial charge in [-0.25, -0.2) is 0 Å². The number of nitrogens with one attached hydrogen (secondary N) is 3. The van der Waals surface area contributed by atoms with Crippen LogP contribution < -0.4 is 20.7 Å². The average Bonchev–Trinajstić information content (AvgIpc) is 3.10. The van der Waals surface area contributed by atoms with Crippen molar-refractivity contribution in [3.63, 3.8) is 0 Å². The number of thioether (sulfide) groups is 1. The van der Waals surface area contributed by atoms with E-state index < -0.39 is 11.8 Å². The van der Waals surface area contributed by atoms with E-state index in [0.29, 0.717) is 23.5 Å². The number of benzene rings is 5. The van der Waals surface area contributed by atoms with Crippen LogP contribution in [-0.2, 0) is 9.59 Å². The Morgan fingerprint density at radius 3 is 1.91 bits per heavy atom. The van der Waals surface area contributed by atoms with Crippen molar-refractivity contribution in [2.45, 2.75) is 24.0 Å². The lowest BCUT2D eigenvalue weighted by Gasteiger charge is -2.14. The Morgan fingerprint density at radius 2 is 1.28 bits per heavy atom. The number of rotatable bonds is 12. The molecule has 5 rings (SSSR count). The van der Waals surface area contributed by atoms with Crippen LogP contribution in [0.5, 0.6) is 5.75 Å². The predicted molar refractivity (Wildman–Crippen MR) is 190 cm³/mol. The normalized spacial score (nSPS) is 11.7. The van der Waals surface area contributed by atoms with Crippen LogP contribution in [0.3, 0.4) is 0 Å². The van der Waals surface area contributed by atoms with E-state index in [1.165, 1.54) is 11.8 Å². The molecule has 0 spiro atoms. The third-order valence-corrected chi connectivity index (χ3v) is 8.20. The Bertz CT molecular complexity index is 1820. The number of hydrogen-bond acceptors (Lipinski definition) is 5. The Balaban J connectivity index is 1.25. The fraction of sp³-hybridized carbons (Fsp3) is 0.103. The van der Waals surface area contributed by atoms with Crippen LogP contribution in [0.25, 0.3) is 17.2 Å². The standard InChI is InChI=1S/C39H35N3O4S/c1-3-46-34-22-18-32(19-23-34)40-37(43)27(2)47-35-24-20-33(21-25-35)41-39(45)36(42-38(44)31-12-8-5-9-13-31)26-28-14-16-30(17-15-28)29-10-6-4-7-11-29/h4-27H,3H2,1-2H3,(H,40,43)(H,41,45)(H,42,44)/b36-26-. The molecule has 0 aliphatic heterocycles.